The van der Waals surface area contributed by atoms with Crippen LogP contribution in [0.2, 0.25) is 0 Å². The van der Waals surface area contributed by atoms with E-state index in [0.717, 1.165) is 12.3 Å². The van der Waals surface area contributed by atoms with Gasteiger partial charge in [-0.25, -0.2) is 13.1 Å². The van der Waals surface area contributed by atoms with Gasteiger partial charge in [0, 0.05) is 6.54 Å². The van der Waals surface area contributed by atoms with Gasteiger partial charge in [0.05, 0.1) is 18.5 Å². The average Bonchev–Trinajstić information content (AvgIpc) is 2.69. The third-order valence-corrected chi connectivity index (χ3v) is 4.53. The first kappa shape index (κ1) is 9.12. The van der Waals surface area contributed by atoms with Crippen molar-refractivity contribution in [2.75, 3.05) is 12.8 Å². The number of fused-ring (bicyclic) bond motifs is 5. The van der Waals surface area contributed by atoms with E-state index in [9.17, 15) is 8.42 Å². The zero-order valence-corrected chi connectivity index (χ0v) is 8.96. The maximum Gasteiger partial charge on any atom is 0.208 e. The standard InChI is InChI=1S/C9H15NO3S/c1-14(11,12)10-4-6-2-5-3-7(6)9-8(5)13-9/h5-10H,2-4H2,1H3/t5-,6+,7-,8+,9-/m1/s1. The lowest BCUT2D eigenvalue weighted by Gasteiger charge is -2.18. The lowest BCUT2D eigenvalue weighted by molar-refractivity contribution is 0.250. The SMILES string of the molecule is CS(=O)(=O)NC[C@@H]1C[C@@H]2C[C@H]1[C@H]1O[C@@H]21. The minimum absolute atomic E-state index is 0.472. The molecule has 1 N–H and O–H groups in total. The second-order valence-electron chi connectivity index (χ2n) is 4.84. The maximum absolute atomic E-state index is 10.9. The minimum atomic E-state index is -3.02. The van der Waals surface area contributed by atoms with Crippen LogP contribution in [0.4, 0.5) is 0 Å². The van der Waals surface area contributed by atoms with Crippen molar-refractivity contribution in [2.45, 2.75) is 25.0 Å². The Kier molecular flexibility index (Phi) is 1.77. The second-order valence-corrected chi connectivity index (χ2v) is 6.67. The highest BCUT2D eigenvalue weighted by molar-refractivity contribution is 7.88. The van der Waals surface area contributed by atoms with E-state index >= 15 is 0 Å². The number of hydrogen-bond acceptors (Lipinski definition) is 3. The molecule has 3 aliphatic rings. The van der Waals surface area contributed by atoms with Crippen LogP contribution in [0.25, 0.3) is 0 Å². The van der Waals surface area contributed by atoms with Crippen LogP contribution in [0.1, 0.15) is 12.8 Å². The summed E-state index contributed by atoms with van der Waals surface area (Å²) in [5.41, 5.74) is 0. The van der Waals surface area contributed by atoms with Gasteiger partial charge in [-0.1, -0.05) is 0 Å². The first-order valence-corrected chi connectivity index (χ1v) is 7.04. The Balaban J connectivity index is 1.61. The van der Waals surface area contributed by atoms with Crippen molar-refractivity contribution in [3.63, 3.8) is 0 Å². The lowest BCUT2D eigenvalue weighted by Crippen LogP contribution is -2.32. The largest absolute Gasteiger partial charge is 0.369 e. The Labute approximate surface area is 84.1 Å². The molecule has 14 heavy (non-hydrogen) atoms. The van der Waals surface area contributed by atoms with Crippen LogP contribution < -0.4 is 4.72 Å². The summed E-state index contributed by atoms with van der Waals surface area (Å²) in [6.07, 6.45) is 4.63. The number of nitrogens with one attached hydrogen (secondary N) is 1. The van der Waals surface area contributed by atoms with Crippen LogP contribution in [-0.2, 0) is 14.8 Å². The Bertz CT molecular complexity index is 353. The molecule has 2 bridgehead atoms. The van der Waals surface area contributed by atoms with Gasteiger partial charge >= 0.3 is 0 Å². The molecule has 3 fully saturated rings. The van der Waals surface area contributed by atoms with E-state index in [1.807, 2.05) is 0 Å². The zero-order valence-electron chi connectivity index (χ0n) is 8.14. The van der Waals surface area contributed by atoms with Crippen molar-refractivity contribution in [1.29, 1.82) is 0 Å². The van der Waals surface area contributed by atoms with Gasteiger partial charge in [0.2, 0.25) is 10.0 Å². The molecule has 0 spiro atoms. The Hall–Kier alpha value is -0.130. The summed E-state index contributed by atoms with van der Waals surface area (Å²) in [5, 5.41) is 0. The first-order chi connectivity index (χ1) is 6.54. The van der Waals surface area contributed by atoms with Crippen LogP contribution >= 0.6 is 0 Å². The fourth-order valence-corrected chi connectivity index (χ4v) is 3.74. The molecule has 5 atom stereocenters. The Morgan fingerprint density at radius 1 is 1.36 bits per heavy atom. The maximum atomic E-state index is 10.9. The Morgan fingerprint density at radius 3 is 2.71 bits per heavy atom. The number of sulfonamides is 1. The highest BCUT2D eigenvalue weighted by atomic mass is 32.2. The quantitative estimate of drug-likeness (QED) is 0.675. The molecule has 2 saturated carbocycles. The topological polar surface area (TPSA) is 58.7 Å². The molecule has 0 aromatic heterocycles. The van der Waals surface area contributed by atoms with E-state index in [0.29, 0.717) is 30.6 Å². The summed E-state index contributed by atoms with van der Waals surface area (Å²) in [7, 11) is -3.02. The fourth-order valence-electron chi connectivity index (χ4n) is 3.23. The van der Waals surface area contributed by atoms with Gasteiger partial charge < -0.3 is 4.74 Å². The molecule has 1 aliphatic heterocycles. The van der Waals surface area contributed by atoms with Crippen molar-refractivity contribution in [1.82, 2.24) is 4.72 Å². The van der Waals surface area contributed by atoms with Gasteiger partial charge in [0.1, 0.15) is 0 Å². The van der Waals surface area contributed by atoms with Crippen LogP contribution in [0.3, 0.4) is 0 Å². The monoisotopic (exact) mass is 217 g/mol. The summed E-state index contributed by atoms with van der Waals surface area (Å²) in [4.78, 5) is 0. The first-order valence-electron chi connectivity index (χ1n) is 5.15. The third kappa shape index (κ3) is 1.38. The van der Waals surface area contributed by atoms with E-state index in [4.69, 9.17) is 4.74 Å². The number of rotatable bonds is 3. The lowest BCUT2D eigenvalue weighted by atomic mass is 9.89. The molecule has 4 nitrogen and oxygen atoms in total. The molecule has 0 amide bonds. The van der Waals surface area contributed by atoms with Crippen LogP contribution in [0.15, 0.2) is 0 Å². The number of hydrogen-bond donors (Lipinski definition) is 1. The van der Waals surface area contributed by atoms with Gasteiger partial charge in [-0.3, -0.25) is 0 Å². The van der Waals surface area contributed by atoms with Crippen molar-refractivity contribution >= 4 is 10.0 Å². The molecule has 0 radical (unpaired) electrons. The van der Waals surface area contributed by atoms with Gasteiger partial charge in [0.25, 0.3) is 0 Å². The van der Waals surface area contributed by atoms with E-state index in [1.54, 1.807) is 0 Å². The molecule has 0 aromatic carbocycles. The molecule has 3 rings (SSSR count). The van der Waals surface area contributed by atoms with Crippen molar-refractivity contribution in [3.05, 3.63) is 0 Å². The normalized spacial score (nSPS) is 49.4. The molecular weight excluding hydrogens is 202 g/mol. The van der Waals surface area contributed by atoms with E-state index < -0.39 is 10.0 Å². The molecule has 80 valence electrons. The summed E-state index contributed by atoms with van der Waals surface area (Å²) >= 11 is 0. The van der Waals surface area contributed by atoms with Gasteiger partial charge in [0.15, 0.2) is 0 Å². The van der Waals surface area contributed by atoms with E-state index in [1.165, 1.54) is 12.7 Å². The number of epoxide rings is 1. The highest BCUT2D eigenvalue weighted by Gasteiger charge is 2.62. The molecule has 5 heteroatoms. The van der Waals surface area contributed by atoms with Crippen LogP contribution in [0.5, 0.6) is 0 Å². The van der Waals surface area contributed by atoms with E-state index in [-0.39, 0.29) is 0 Å². The molecular formula is C9H15NO3S. The predicted molar refractivity (Wildman–Crippen MR) is 51.2 cm³/mol. The summed E-state index contributed by atoms with van der Waals surface area (Å²) in [5.74, 6) is 1.86. The summed E-state index contributed by atoms with van der Waals surface area (Å²) < 4.78 is 30.0. The van der Waals surface area contributed by atoms with E-state index in [2.05, 4.69) is 4.72 Å². The Morgan fingerprint density at radius 2 is 2.14 bits per heavy atom. The molecule has 1 heterocycles. The summed E-state index contributed by atoms with van der Waals surface area (Å²) in [6, 6.07) is 0. The molecule has 0 aromatic rings. The van der Waals surface area contributed by atoms with Gasteiger partial charge in [-0.15, -0.1) is 0 Å². The van der Waals surface area contributed by atoms with Crippen LogP contribution in [-0.4, -0.2) is 33.4 Å². The molecule has 2 aliphatic carbocycles. The average molecular weight is 217 g/mol. The van der Waals surface area contributed by atoms with Crippen LogP contribution in [0, 0.1) is 17.8 Å². The third-order valence-electron chi connectivity index (χ3n) is 3.84. The molecule has 1 saturated heterocycles. The van der Waals surface area contributed by atoms with Crippen molar-refractivity contribution in [3.8, 4) is 0 Å². The summed E-state index contributed by atoms with van der Waals surface area (Å²) in [6.45, 7) is 0.604. The molecule has 0 unspecified atom stereocenters. The second kappa shape index (κ2) is 2.71. The predicted octanol–water partition coefficient (Wildman–Crippen LogP) is -0.0410. The van der Waals surface area contributed by atoms with Gasteiger partial charge in [-0.05, 0) is 30.6 Å². The number of ether oxygens (including phenoxy) is 1. The van der Waals surface area contributed by atoms with Crippen molar-refractivity contribution < 1.29 is 13.2 Å². The van der Waals surface area contributed by atoms with Gasteiger partial charge in [-0.2, -0.15) is 0 Å². The highest BCUT2D eigenvalue weighted by Crippen LogP contribution is 2.58. The zero-order chi connectivity index (χ0) is 9.92. The smallest absolute Gasteiger partial charge is 0.208 e. The minimum Gasteiger partial charge on any atom is -0.369 e. The fraction of sp³-hybridized carbons (Fsp3) is 1.00. The van der Waals surface area contributed by atoms with Crippen molar-refractivity contribution in [2.24, 2.45) is 17.8 Å².